The molecule has 0 aliphatic heterocycles. The van der Waals surface area contributed by atoms with E-state index in [1.807, 2.05) is 14.0 Å². The molecule has 0 spiro atoms. The zero-order chi connectivity index (χ0) is 16.8. The Morgan fingerprint density at radius 2 is 2.22 bits per heavy atom. The van der Waals surface area contributed by atoms with Gasteiger partial charge in [-0.3, -0.25) is 0 Å². The SMILES string of the molecule is C=CCOc1c(CNCc2ccc(F)c(CO)c2)c(C)nn1C. The zero-order valence-corrected chi connectivity index (χ0v) is 13.5. The van der Waals surface area contributed by atoms with Crippen LogP contribution in [0.15, 0.2) is 30.9 Å². The van der Waals surface area contributed by atoms with Crippen LogP contribution in [0.25, 0.3) is 0 Å². The number of halogens is 1. The molecule has 0 atom stereocenters. The van der Waals surface area contributed by atoms with Gasteiger partial charge in [0.2, 0.25) is 5.88 Å². The maximum absolute atomic E-state index is 13.4. The first-order valence-electron chi connectivity index (χ1n) is 7.41. The Morgan fingerprint density at radius 3 is 2.91 bits per heavy atom. The van der Waals surface area contributed by atoms with Crippen LogP contribution in [0.3, 0.4) is 0 Å². The smallest absolute Gasteiger partial charge is 0.216 e. The zero-order valence-electron chi connectivity index (χ0n) is 13.5. The molecule has 124 valence electrons. The van der Waals surface area contributed by atoms with E-state index in [-0.39, 0.29) is 12.4 Å². The highest BCUT2D eigenvalue weighted by Crippen LogP contribution is 2.21. The van der Waals surface area contributed by atoms with Gasteiger partial charge in [0.15, 0.2) is 0 Å². The van der Waals surface area contributed by atoms with Crippen molar-refractivity contribution in [2.75, 3.05) is 6.61 Å². The van der Waals surface area contributed by atoms with Crippen molar-refractivity contribution in [1.29, 1.82) is 0 Å². The first kappa shape index (κ1) is 17.2. The molecule has 0 bridgehead atoms. The van der Waals surface area contributed by atoms with Crippen LogP contribution in [-0.2, 0) is 26.7 Å². The van der Waals surface area contributed by atoms with Crippen LogP contribution in [0, 0.1) is 12.7 Å². The van der Waals surface area contributed by atoms with Crippen LogP contribution in [0.4, 0.5) is 4.39 Å². The summed E-state index contributed by atoms with van der Waals surface area (Å²) in [5.41, 5.74) is 3.09. The lowest BCUT2D eigenvalue weighted by Gasteiger charge is -2.09. The normalized spacial score (nSPS) is 10.8. The van der Waals surface area contributed by atoms with E-state index in [2.05, 4.69) is 17.0 Å². The molecule has 0 saturated carbocycles. The summed E-state index contributed by atoms with van der Waals surface area (Å²) in [7, 11) is 1.84. The van der Waals surface area contributed by atoms with Crippen molar-refractivity contribution in [1.82, 2.24) is 15.1 Å². The molecule has 0 radical (unpaired) electrons. The highest BCUT2D eigenvalue weighted by atomic mass is 19.1. The standard InChI is InChI=1S/C17H22FN3O2/c1-4-7-23-17-15(12(2)20-21(17)3)10-19-9-13-5-6-16(18)14(8-13)11-22/h4-6,8,19,22H,1,7,9-11H2,2-3H3. The van der Waals surface area contributed by atoms with Gasteiger partial charge in [0.25, 0.3) is 0 Å². The molecule has 5 nitrogen and oxygen atoms in total. The highest BCUT2D eigenvalue weighted by Gasteiger charge is 2.14. The summed E-state index contributed by atoms with van der Waals surface area (Å²) in [5.74, 6) is 0.324. The average molecular weight is 319 g/mol. The Balaban J connectivity index is 2.02. The van der Waals surface area contributed by atoms with E-state index in [0.29, 0.717) is 31.1 Å². The fourth-order valence-corrected chi connectivity index (χ4v) is 2.39. The summed E-state index contributed by atoms with van der Waals surface area (Å²) in [6.45, 7) is 6.83. The number of aryl methyl sites for hydroxylation is 2. The summed E-state index contributed by atoms with van der Waals surface area (Å²) < 4.78 is 20.7. The molecule has 1 heterocycles. The molecule has 2 aromatic rings. The van der Waals surface area contributed by atoms with E-state index >= 15 is 0 Å². The van der Waals surface area contributed by atoms with E-state index in [1.54, 1.807) is 22.9 Å². The minimum atomic E-state index is -0.389. The maximum atomic E-state index is 13.4. The molecule has 0 saturated heterocycles. The van der Waals surface area contributed by atoms with Gasteiger partial charge in [0.1, 0.15) is 12.4 Å². The van der Waals surface area contributed by atoms with Crippen molar-refractivity contribution in [2.45, 2.75) is 26.6 Å². The van der Waals surface area contributed by atoms with Crippen LogP contribution < -0.4 is 10.1 Å². The third-order valence-electron chi connectivity index (χ3n) is 3.54. The van der Waals surface area contributed by atoms with E-state index < -0.39 is 0 Å². The first-order chi connectivity index (χ1) is 11.1. The molecule has 1 aromatic heterocycles. The van der Waals surface area contributed by atoms with Gasteiger partial charge in [-0.1, -0.05) is 18.7 Å². The van der Waals surface area contributed by atoms with Gasteiger partial charge in [0, 0.05) is 25.7 Å². The summed E-state index contributed by atoms with van der Waals surface area (Å²) in [4.78, 5) is 0. The van der Waals surface area contributed by atoms with Crippen LogP contribution >= 0.6 is 0 Å². The summed E-state index contributed by atoms with van der Waals surface area (Å²) in [6.07, 6.45) is 1.69. The van der Waals surface area contributed by atoms with Gasteiger partial charge in [-0.05, 0) is 24.6 Å². The van der Waals surface area contributed by atoms with Crippen molar-refractivity contribution < 1.29 is 14.2 Å². The predicted molar refractivity (Wildman–Crippen MR) is 86.5 cm³/mol. The number of hydrogen-bond acceptors (Lipinski definition) is 4. The first-order valence-corrected chi connectivity index (χ1v) is 7.41. The molecular weight excluding hydrogens is 297 g/mol. The molecule has 2 N–H and O–H groups in total. The van der Waals surface area contributed by atoms with Crippen molar-refractivity contribution in [3.05, 3.63) is 59.1 Å². The number of ether oxygens (including phenoxy) is 1. The number of nitrogens with one attached hydrogen (secondary N) is 1. The number of aliphatic hydroxyl groups excluding tert-OH is 1. The Hall–Kier alpha value is -2.18. The number of aromatic nitrogens is 2. The fourth-order valence-electron chi connectivity index (χ4n) is 2.39. The molecule has 23 heavy (non-hydrogen) atoms. The highest BCUT2D eigenvalue weighted by molar-refractivity contribution is 5.31. The molecular formula is C17H22FN3O2. The van der Waals surface area contributed by atoms with Crippen LogP contribution in [0.1, 0.15) is 22.4 Å². The Labute approximate surface area is 135 Å². The van der Waals surface area contributed by atoms with E-state index in [1.165, 1.54) is 6.07 Å². The average Bonchev–Trinajstić information content (AvgIpc) is 2.80. The third kappa shape index (κ3) is 4.18. The molecule has 2 rings (SSSR count). The lowest BCUT2D eigenvalue weighted by atomic mass is 10.1. The number of nitrogens with zero attached hydrogens (tertiary/aromatic N) is 2. The molecule has 6 heteroatoms. The topological polar surface area (TPSA) is 59.3 Å². The van der Waals surface area contributed by atoms with Crippen LogP contribution in [0.2, 0.25) is 0 Å². The van der Waals surface area contributed by atoms with Gasteiger partial charge < -0.3 is 15.2 Å². The summed E-state index contributed by atoms with van der Waals surface area (Å²) in [5, 5.41) is 16.8. The fraction of sp³-hybridized carbons (Fsp3) is 0.353. The maximum Gasteiger partial charge on any atom is 0.216 e. The lowest BCUT2D eigenvalue weighted by molar-refractivity contribution is 0.275. The van der Waals surface area contributed by atoms with Crippen molar-refractivity contribution in [2.24, 2.45) is 7.05 Å². The molecule has 1 aromatic carbocycles. The van der Waals surface area contributed by atoms with E-state index in [0.717, 1.165) is 16.8 Å². The predicted octanol–water partition coefficient (Wildman–Crippen LogP) is 2.21. The quantitative estimate of drug-likeness (QED) is 0.733. The van der Waals surface area contributed by atoms with Gasteiger partial charge in [0.05, 0.1) is 17.9 Å². The number of rotatable bonds is 8. The second-order valence-electron chi connectivity index (χ2n) is 5.28. The second-order valence-corrected chi connectivity index (χ2v) is 5.28. The van der Waals surface area contributed by atoms with Crippen molar-refractivity contribution in [3.63, 3.8) is 0 Å². The molecule has 0 amide bonds. The van der Waals surface area contributed by atoms with Crippen LogP contribution in [-0.4, -0.2) is 21.5 Å². The monoisotopic (exact) mass is 319 g/mol. The number of benzene rings is 1. The minimum absolute atomic E-state index is 0.303. The van der Waals surface area contributed by atoms with Gasteiger partial charge in [-0.25, -0.2) is 9.07 Å². The molecule has 0 aliphatic carbocycles. The Morgan fingerprint density at radius 1 is 1.43 bits per heavy atom. The molecule has 0 unspecified atom stereocenters. The van der Waals surface area contributed by atoms with Gasteiger partial charge in [-0.2, -0.15) is 5.10 Å². The largest absolute Gasteiger partial charge is 0.473 e. The van der Waals surface area contributed by atoms with Gasteiger partial charge in [-0.15, -0.1) is 0 Å². The molecule has 0 aliphatic rings. The minimum Gasteiger partial charge on any atom is -0.473 e. The van der Waals surface area contributed by atoms with Crippen molar-refractivity contribution in [3.8, 4) is 5.88 Å². The summed E-state index contributed by atoms with van der Waals surface area (Å²) in [6, 6.07) is 4.73. The van der Waals surface area contributed by atoms with E-state index in [4.69, 9.17) is 9.84 Å². The Bertz CT molecular complexity index is 683. The van der Waals surface area contributed by atoms with Gasteiger partial charge >= 0.3 is 0 Å². The summed E-state index contributed by atoms with van der Waals surface area (Å²) >= 11 is 0. The van der Waals surface area contributed by atoms with E-state index in [9.17, 15) is 4.39 Å². The second kappa shape index (κ2) is 7.89. The number of hydrogen-bond donors (Lipinski definition) is 2. The van der Waals surface area contributed by atoms with Crippen molar-refractivity contribution >= 4 is 0 Å². The molecule has 0 fully saturated rings. The van der Waals surface area contributed by atoms with Crippen LogP contribution in [0.5, 0.6) is 5.88 Å². The number of aliphatic hydroxyl groups is 1. The Kier molecular flexibility index (Phi) is 5.90. The lowest BCUT2D eigenvalue weighted by Crippen LogP contribution is -2.14. The third-order valence-corrected chi connectivity index (χ3v) is 3.54.